The summed E-state index contributed by atoms with van der Waals surface area (Å²) in [5, 5.41) is 10.6. The van der Waals surface area contributed by atoms with Crippen molar-refractivity contribution in [3.8, 4) is 52.9 Å². The van der Waals surface area contributed by atoms with Crippen molar-refractivity contribution in [3.63, 3.8) is 0 Å². The van der Waals surface area contributed by atoms with E-state index in [1.807, 2.05) is 175 Å². The van der Waals surface area contributed by atoms with E-state index in [0.717, 1.165) is 121 Å². The van der Waals surface area contributed by atoms with Crippen LogP contribution in [0.1, 0.15) is 83.4 Å². The molecule has 0 radical (unpaired) electrons. The molecule has 0 atom stereocenters. The average Bonchev–Trinajstić information content (AvgIpc) is 1.24. The first-order valence-corrected chi connectivity index (χ1v) is 42.8. The van der Waals surface area contributed by atoms with Gasteiger partial charge in [0.15, 0.2) is 57.4 Å². The second-order valence-electron chi connectivity index (χ2n) is 29.7. The van der Waals surface area contributed by atoms with E-state index in [2.05, 4.69) is 174 Å². The van der Waals surface area contributed by atoms with Gasteiger partial charge in [-0.2, -0.15) is 13.8 Å². The highest BCUT2D eigenvalue weighted by Crippen LogP contribution is 2.44. The largest absolute Gasteiger partial charge is 0.299 e. The van der Waals surface area contributed by atoms with Gasteiger partial charge in [0.25, 0.3) is 64.5 Å². The van der Waals surface area contributed by atoms with Crippen molar-refractivity contribution in [1.29, 1.82) is 0 Å². The number of aromatic nitrogens is 20. The highest BCUT2D eigenvalue weighted by Gasteiger charge is 2.32. The zero-order valence-corrected chi connectivity index (χ0v) is 73.3. The molecule has 15 aromatic heterocycles. The number of thiophene rings is 5. The third-order valence-electron chi connectivity index (χ3n) is 22.0. The van der Waals surface area contributed by atoms with Crippen LogP contribution in [0.25, 0.3) is 170 Å². The zero-order valence-electron chi connectivity index (χ0n) is 72.3. The number of benzene rings is 6. The molecule has 0 aliphatic rings. The average molecular weight is 1680 g/mol. The van der Waals surface area contributed by atoms with Gasteiger partial charge in [0.1, 0.15) is 16.1 Å². The highest BCUT2D eigenvalue weighted by atomic mass is 32.1. The predicted octanol–water partition coefficient (Wildman–Crippen LogP) is 19.4. The number of hydrogen-bond donors (Lipinski definition) is 0. The maximum Gasteiger partial charge on any atom is 0.299 e. The lowest BCUT2D eigenvalue weighted by Gasteiger charge is -2.07. The Bertz CT molecular complexity index is 7750. The summed E-state index contributed by atoms with van der Waals surface area (Å²) in [6.07, 6.45) is 3.65. The van der Waals surface area contributed by atoms with Gasteiger partial charge in [-0.05, 0) is 205 Å². The Morgan fingerprint density at radius 2 is 0.583 bits per heavy atom. The molecule has 0 fully saturated rings. The van der Waals surface area contributed by atoms with Gasteiger partial charge in [-0.15, -0.1) is 56.7 Å². The Hall–Kier alpha value is -12.7. The lowest BCUT2D eigenvalue weighted by molar-refractivity contribution is -0.719. The van der Waals surface area contributed by atoms with Crippen molar-refractivity contribution >= 4 is 174 Å². The molecular weight excluding hydrogens is 1600 g/mol. The normalized spacial score (nSPS) is 12.0. The van der Waals surface area contributed by atoms with E-state index >= 15 is 0 Å². The monoisotopic (exact) mass is 1680 g/mol. The van der Waals surface area contributed by atoms with Crippen LogP contribution in [-0.4, -0.2) is 74.9 Å². The molecule has 0 bridgehead atoms. The van der Waals surface area contributed by atoms with Crippen molar-refractivity contribution in [1.82, 2.24) is 74.9 Å². The summed E-state index contributed by atoms with van der Waals surface area (Å²) in [6.45, 7) is 23.8. The fourth-order valence-corrected chi connectivity index (χ4v) is 21.5. The van der Waals surface area contributed by atoms with Gasteiger partial charge in [0.2, 0.25) is 0 Å². The van der Waals surface area contributed by atoms with Crippen LogP contribution in [0.5, 0.6) is 0 Å². The predicted molar refractivity (Wildman–Crippen MR) is 480 cm³/mol. The molecule has 594 valence electrons. The van der Waals surface area contributed by atoms with E-state index in [1.54, 1.807) is 64.0 Å². The molecule has 27 heteroatoms. The van der Waals surface area contributed by atoms with Crippen LogP contribution >= 0.6 is 56.7 Å². The molecule has 0 saturated carbocycles. The Morgan fingerprint density at radius 3 is 0.992 bits per heavy atom. The molecule has 0 aliphatic heterocycles. The molecule has 0 amide bonds. The van der Waals surface area contributed by atoms with Crippen LogP contribution in [0, 0.1) is 109 Å². The number of fused-ring (bicyclic) bond motifs is 11. The van der Waals surface area contributed by atoms with Crippen molar-refractivity contribution in [2.45, 2.75) is 96.9 Å². The van der Waals surface area contributed by atoms with Crippen molar-refractivity contribution < 1.29 is 35.8 Å². The maximum absolute atomic E-state index is 13.7. The molecule has 20 nitrogen and oxygen atoms in total. The van der Waals surface area contributed by atoms with Crippen LogP contribution in [0.3, 0.4) is 0 Å². The number of para-hydroxylation sites is 2. The summed E-state index contributed by atoms with van der Waals surface area (Å²) in [6, 6.07) is 49.8. The van der Waals surface area contributed by atoms with Crippen molar-refractivity contribution in [2.75, 3.05) is 0 Å². The zero-order chi connectivity index (χ0) is 86.6. The van der Waals surface area contributed by atoms with E-state index in [1.165, 1.54) is 71.7 Å². The van der Waals surface area contributed by atoms with Crippen molar-refractivity contribution in [3.05, 3.63) is 249 Å². The van der Waals surface area contributed by atoms with Crippen LogP contribution in [0.2, 0.25) is 0 Å². The Labute approximate surface area is 714 Å². The SMILES string of the molecule is Cc1c(-c2c3nc(F)c(F)nc3nc(C)[n+]2C)sc2ccccc12.Cc1c(-c2c3nc4ccccc4nc3nc[n+]2C)sc2ccccc12.Cc1nc2nc(C)[n+](C)c(-c3sc4ccccc4c3C)c2nc1C.Cc1nc2nc[n+](C)c(-c3sc4ccccc4c3C)c2nc1C.[2H]C([2H])([2H])c1n[n+](C)c(-c2sc3ccccc3c2C)c2nc(C)c(C)nc12. The molecule has 0 unspecified atom stereocenters. The first-order valence-electron chi connectivity index (χ1n) is 40.2. The standard InChI is InChI=1S/C20H15N4S.2C19H19N4S.C18H17N4S.C17H13F2N4S/c1-12-13-7-3-6-10-16(13)25-19(12)18-17-20(21-11-24(18)2)23-15-9-5-4-8-14(15)22-17;1-10-14-8-6-7-9-15(14)24-18(10)17-16-19(22-13(4)23(17)5)21-12(3)11(2)20-16;1-10-14-8-6-7-9-15(14)24-19(10)18-17-16(13(4)22-23(18)5)20-11(2)12(3)21-17;1-10-13-7-5-6-8-14(13)23-17(10)16-15-18(19-9-22(16)4)21-12(3)11(2)20-15;1-8-10-6-4-5-7-11(10)24-14(8)13-12-17(20-9(2)23(13)3)22-16(19)15(18)21-12/h3-11H,1-2H3;2*6-9H,1-5H3;5-9H,1-4H3;4-7H,1-3H3/q5*+1/i;;4D3;;. The van der Waals surface area contributed by atoms with Gasteiger partial charge in [-0.3, -0.25) is 0 Å². The quantitative estimate of drug-likeness (QED) is 0.116. The molecule has 0 saturated heterocycles. The van der Waals surface area contributed by atoms with Crippen LogP contribution < -0.4 is 23.0 Å². The fraction of sp³-hybridized carbons (Fsp3) is 0.204. The van der Waals surface area contributed by atoms with Gasteiger partial charge in [0, 0.05) is 41.5 Å². The third kappa shape index (κ3) is 14.3. The molecule has 6 aromatic carbocycles. The van der Waals surface area contributed by atoms with Gasteiger partial charge in [-0.1, -0.05) is 108 Å². The molecule has 120 heavy (non-hydrogen) atoms. The second kappa shape index (κ2) is 31.9. The van der Waals surface area contributed by atoms with E-state index in [4.69, 9.17) is 29.0 Å². The van der Waals surface area contributed by atoms with E-state index in [9.17, 15) is 8.78 Å². The summed E-state index contributed by atoms with van der Waals surface area (Å²) in [5.74, 6) is -0.864. The summed E-state index contributed by atoms with van der Waals surface area (Å²) in [4.78, 5) is 68.7. The van der Waals surface area contributed by atoms with Gasteiger partial charge < -0.3 is 0 Å². The Balaban J connectivity index is 0.000000109. The highest BCUT2D eigenvalue weighted by molar-refractivity contribution is 7.24. The minimum Gasteiger partial charge on any atom is -0.247 e. The number of nitrogens with zero attached hydrogens (tertiary/aromatic N) is 20. The molecule has 21 aromatic rings. The topological polar surface area (TPSA) is 213 Å². The molecule has 0 spiro atoms. The van der Waals surface area contributed by atoms with Gasteiger partial charge in [-0.25, -0.2) is 63.1 Å². The molecule has 0 aliphatic carbocycles. The van der Waals surface area contributed by atoms with Crippen LogP contribution in [0.15, 0.2) is 158 Å². The minimum absolute atomic E-state index is 0.0156. The molecule has 15 heterocycles. The first-order chi connectivity index (χ1) is 58.9. The van der Waals surface area contributed by atoms with Gasteiger partial charge >= 0.3 is 0 Å². The lowest BCUT2D eigenvalue weighted by Crippen LogP contribution is -2.37. The van der Waals surface area contributed by atoms with E-state index in [0.29, 0.717) is 39.5 Å². The molecular formula is C93H83F2N20S5+5. The summed E-state index contributed by atoms with van der Waals surface area (Å²) in [5.41, 5.74) is 23.8. The fourth-order valence-electron chi connectivity index (χ4n) is 15.0. The summed E-state index contributed by atoms with van der Waals surface area (Å²) >= 11 is 8.66. The maximum atomic E-state index is 13.7. The number of halogens is 2. The number of rotatable bonds is 5. The van der Waals surface area contributed by atoms with E-state index < -0.39 is 18.7 Å². The third-order valence-corrected chi connectivity index (χ3v) is 28.4. The van der Waals surface area contributed by atoms with E-state index in [-0.39, 0.29) is 16.9 Å². The smallest absolute Gasteiger partial charge is 0.247 e. The van der Waals surface area contributed by atoms with Crippen LogP contribution in [-0.2, 0) is 35.2 Å². The molecule has 0 N–H and O–H groups in total. The second-order valence-corrected chi connectivity index (χ2v) is 35.0. The number of hydrogen-bond acceptors (Lipinski definition) is 20. The Morgan fingerprint density at radius 1 is 0.283 bits per heavy atom. The van der Waals surface area contributed by atoms with Crippen molar-refractivity contribution in [2.24, 2.45) is 35.2 Å². The number of aryl methyl sites for hydroxylation is 17. The molecule has 21 rings (SSSR count). The lowest BCUT2D eigenvalue weighted by atomic mass is 10.1. The first kappa shape index (κ1) is 76.0. The minimum atomic E-state index is -2.36. The summed E-state index contributed by atoms with van der Waals surface area (Å²) in [7, 11) is 9.69. The van der Waals surface area contributed by atoms with Crippen LogP contribution in [0.4, 0.5) is 8.78 Å². The Kier molecular flexibility index (Phi) is 20.2. The summed E-state index contributed by atoms with van der Waals surface area (Å²) < 4.78 is 66.7. The van der Waals surface area contributed by atoms with Gasteiger partial charge in [0.05, 0.1) is 92.9 Å².